The van der Waals surface area contributed by atoms with Gasteiger partial charge in [-0.3, -0.25) is 5.32 Å². The first-order chi connectivity index (χ1) is 9.16. The fourth-order valence-corrected chi connectivity index (χ4v) is 1.61. The van der Waals surface area contributed by atoms with Crippen molar-refractivity contribution in [2.75, 3.05) is 5.32 Å². The van der Waals surface area contributed by atoms with Gasteiger partial charge in [0.25, 0.3) is 0 Å². The van der Waals surface area contributed by atoms with E-state index in [0.717, 1.165) is 5.56 Å². The molecule has 0 aliphatic heterocycles. The minimum Gasteiger partial charge on any atom is -0.441 e. The SMILES string of the molecule is Cc1ncncc1NC(=O)OC(C)c1ccccc1. The third kappa shape index (κ3) is 3.51. The summed E-state index contributed by atoms with van der Waals surface area (Å²) in [5.41, 5.74) is 2.19. The van der Waals surface area contributed by atoms with Crippen molar-refractivity contribution in [1.82, 2.24) is 9.97 Å². The molecule has 1 heterocycles. The molecule has 0 bridgehead atoms. The molecule has 0 saturated heterocycles. The Morgan fingerprint density at radius 3 is 2.74 bits per heavy atom. The molecule has 0 spiro atoms. The standard InChI is InChI=1S/C14H15N3O2/c1-10-13(8-15-9-16-10)17-14(18)19-11(2)12-6-4-3-5-7-12/h3-9,11H,1-2H3,(H,17,18). The van der Waals surface area contributed by atoms with Crippen LogP contribution in [0.4, 0.5) is 10.5 Å². The van der Waals surface area contributed by atoms with Gasteiger partial charge in [-0.1, -0.05) is 30.3 Å². The van der Waals surface area contributed by atoms with Crippen molar-refractivity contribution in [3.05, 3.63) is 54.1 Å². The Hall–Kier alpha value is -2.43. The number of hydrogen-bond acceptors (Lipinski definition) is 4. The summed E-state index contributed by atoms with van der Waals surface area (Å²) in [6.45, 7) is 3.61. The summed E-state index contributed by atoms with van der Waals surface area (Å²) in [6.07, 6.45) is 2.13. The van der Waals surface area contributed by atoms with E-state index in [2.05, 4.69) is 15.3 Å². The van der Waals surface area contributed by atoms with Crippen molar-refractivity contribution in [3.63, 3.8) is 0 Å². The number of nitrogens with one attached hydrogen (secondary N) is 1. The van der Waals surface area contributed by atoms with E-state index in [1.165, 1.54) is 12.5 Å². The molecule has 2 rings (SSSR count). The van der Waals surface area contributed by atoms with Gasteiger partial charge in [0.05, 0.1) is 17.6 Å². The fourth-order valence-electron chi connectivity index (χ4n) is 1.61. The number of anilines is 1. The van der Waals surface area contributed by atoms with Crippen molar-refractivity contribution in [2.24, 2.45) is 0 Å². The zero-order valence-electron chi connectivity index (χ0n) is 10.8. The molecule has 0 aliphatic carbocycles. The highest BCUT2D eigenvalue weighted by Crippen LogP contribution is 2.17. The molecule has 1 aromatic carbocycles. The lowest BCUT2D eigenvalue weighted by Gasteiger charge is -2.14. The smallest absolute Gasteiger partial charge is 0.412 e. The highest BCUT2D eigenvalue weighted by Gasteiger charge is 2.12. The zero-order valence-corrected chi connectivity index (χ0v) is 10.8. The molecule has 0 saturated carbocycles. The van der Waals surface area contributed by atoms with Crippen molar-refractivity contribution >= 4 is 11.8 Å². The number of rotatable bonds is 3. The van der Waals surface area contributed by atoms with Crippen LogP contribution in [0, 0.1) is 6.92 Å². The van der Waals surface area contributed by atoms with Crippen LogP contribution in [0.1, 0.15) is 24.3 Å². The van der Waals surface area contributed by atoms with Crippen LogP contribution in [0.15, 0.2) is 42.9 Å². The van der Waals surface area contributed by atoms with Crippen molar-refractivity contribution in [1.29, 1.82) is 0 Å². The molecule has 1 N–H and O–H groups in total. The maximum Gasteiger partial charge on any atom is 0.412 e. The monoisotopic (exact) mass is 257 g/mol. The summed E-state index contributed by atoms with van der Waals surface area (Å²) >= 11 is 0. The average Bonchev–Trinajstić information content (AvgIpc) is 2.42. The molecular weight excluding hydrogens is 242 g/mol. The molecule has 19 heavy (non-hydrogen) atoms. The van der Waals surface area contributed by atoms with Crippen molar-refractivity contribution in [2.45, 2.75) is 20.0 Å². The lowest BCUT2D eigenvalue weighted by atomic mass is 10.1. The van der Waals surface area contributed by atoms with Crippen LogP contribution >= 0.6 is 0 Å². The van der Waals surface area contributed by atoms with Crippen LogP contribution in [0.25, 0.3) is 0 Å². The summed E-state index contributed by atoms with van der Waals surface area (Å²) in [5.74, 6) is 0. The van der Waals surface area contributed by atoms with Crippen LogP contribution in [0.5, 0.6) is 0 Å². The number of aromatic nitrogens is 2. The lowest BCUT2D eigenvalue weighted by Crippen LogP contribution is -2.17. The van der Waals surface area contributed by atoms with Gasteiger partial charge >= 0.3 is 6.09 Å². The Bertz CT molecular complexity index is 558. The molecule has 1 unspecified atom stereocenters. The molecule has 1 amide bonds. The Morgan fingerprint density at radius 1 is 1.32 bits per heavy atom. The van der Waals surface area contributed by atoms with Gasteiger partial charge in [-0.05, 0) is 19.4 Å². The molecule has 0 radical (unpaired) electrons. The molecular formula is C14H15N3O2. The molecule has 2 aromatic rings. The third-order valence-corrected chi connectivity index (χ3v) is 2.70. The Balaban J connectivity index is 1.97. The van der Waals surface area contributed by atoms with Gasteiger partial charge in [-0.2, -0.15) is 0 Å². The van der Waals surface area contributed by atoms with E-state index in [-0.39, 0.29) is 6.10 Å². The molecule has 5 heteroatoms. The highest BCUT2D eigenvalue weighted by atomic mass is 16.6. The summed E-state index contributed by atoms with van der Waals surface area (Å²) in [4.78, 5) is 19.6. The van der Waals surface area contributed by atoms with E-state index in [0.29, 0.717) is 11.4 Å². The topological polar surface area (TPSA) is 64.1 Å². The summed E-state index contributed by atoms with van der Waals surface area (Å²) in [6, 6.07) is 9.55. The highest BCUT2D eigenvalue weighted by molar-refractivity contribution is 5.85. The first kappa shape index (κ1) is 13.0. The molecule has 1 aromatic heterocycles. The maximum atomic E-state index is 11.8. The number of aryl methyl sites for hydroxylation is 1. The second-order valence-electron chi connectivity index (χ2n) is 4.11. The summed E-state index contributed by atoms with van der Waals surface area (Å²) < 4.78 is 5.29. The number of ether oxygens (including phenoxy) is 1. The van der Waals surface area contributed by atoms with Gasteiger partial charge in [0.15, 0.2) is 0 Å². The van der Waals surface area contributed by atoms with E-state index in [9.17, 15) is 4.79 Å². The zero-order chi connectivity index (χ0) is 13.7. The van der Waals surface area contributed by atoms with Gasteiger partial charge in [-0.25, -0.2) is 14.8 Å². The predicted molar refractivity (Wildman–Crippen MR) is 71.7 cm³/mol. The fraction of sp³-hybridized carbons (Fsp3) is 0.214. The lowest BCUT2D eigenvalue weighted by molar-refractivity contribution is 0.121. The normalized spacial score (nSPS) is 11.7. The molecule has 0 aliphatic rings. The molecule has 0 fully saturated rings. The quantitative estimate of drug-likeness (QED) is 0.917. The van der Waals surface area contributed by atoms with Gasteiger partial charge < -0.3 is 4.74 Å². The first-order valence-corrected chi connectivity index (χ1v) is 5.96. The van der Waals surface area contributed by atoms with E-state index >= 15 is 0 Å². The van der Waals surface area contributed by atoms with Gasteiger partial charge in [-0.15, -0.1) is 0 Å². The second kappa shape index (κ2) is 5.95. The summed E-state index contributed by atoms with van der Waals surface area (Å²) in [5, 5.41) is 2.62. The third-order valence-electron chi connectivity index (χ3n) is 2.70. The van der Waals surface area contributed by atoms with Gasteiger partial charge in [0.2, 0.25) is 0 Å². The Morgan fingerprint density at radius 2 is 2.05 bits per heavy atom. The second-order valence-corrected chi connectivity index (χ2v) is 4.11. The summed E-state index contributed by atoms with van der Waals surface area (Å²) in [7, 11) is 0. The largest absolute Gasteiger partial charge is 0.441 e. The first-order valence-electron chi connectivity index (χ1n) is 5.96. The number of carbonyl (C=O) groups excluding carboxylic acids is 1. The number of amides is 1. The van der Waals surface area contributed by atoms with Crippen LogP contribution in [0.3, 0.4) is 0 Å². The number of carbonyl (C=O) groups is 1. The molecule has 1 atom stereocenters. The Kier molecular flexibility index (Phi) is 4.07. The molecule has 98 valence electrons. The minimum atomic E-state index is -0.519. The Labute approximate surface area is 111 Å². The number of nitrogens with zero attached hydrogens (tertiary/aromatic N) is 2. The predicted octanol–water partition coefficient (Wildman–Crippen LogP) is 3.09. The van der Waals surface area contributed by atoms with Crippen LogP contribution in [-0.4, -0.2) is 16.1 Å². The van der Waals surface area contributed by atoms with Crippen LogP contribution < -0.4 is 5.32 Å². The van der Waals surface area contributed by atoms with Crippen molar-refractivity contribution in [3.8, 4) is 0 Å². The van der Waals surface area contributed by atoms with Crippen LogP contribution in [0.2, 0.25) is 0 Å². The minimum absolute atomic E-state index is 0.314. The van der Waals surface area contributed by atoms with E-state index in [1.807, 2.05) is 37.3 Å². The van der Waals surface area contributed by atoms with E-state index in [4.69, 9.17) is 4.74 Å². The maximum absolute atomic E-state index is 11.8. The van der Waals surface area contributed by atoms with Crippen molar-refractivity contribution < 1.29 is 9.53 Å². The van der Waals surface area contributed by atoms with Crippen LogP contribution in [-0.2, 0) is 4.74 Å². The van der Waals surface area contributed by atoms with Gasteiger partial charge in [0.1, 0.15) is 12.4 Å². The average molecular weight is 257 g/mol. The van der Waals surface area contributed by atoms with Gasteiger partial charge in [0, 0.05) is 0 Å². The number of benzene rings is 1. The number of hydrogen-bond donors (Lipinski definition) is 1. The van der Waals surface area contributed by atoms with E-state index < -0.39 is 6.09 Å². The molecule has 5 nitrogen and oxygen atoms in total. The van der Waals surface area contributed by atoms with E-state index in [1.54, 1.807) is 6.92 Å².